The molecular formula is C10H13F2NO. The number of rotatable bonds is 4. The van der Waals surface area contributed by atoms with Crippen LogP contribution in [-0.2, 0) is 4.74 Å². The van der Waals surface area contributed by atoms with Crippen LogP contribution in [0.25, 0.3) is 0 Å². The standard InChI is InChI=1S/C10H13F2NO/c1-7(14-2)6-13-10-4-8(11)3-9(12)5-10/h3-5,7,13H,6H2,1-2H3. The molecule has 0 radical (unpaired) electrons. The largest absolute Gasteiger partial charge is 0.382 e. The predicted molar refractivity (Wildman–Crippen MR) is 51.3 cm³/mol. The minimum atomic E-state index is -0.586. The van der Waals surface area contributed by atoms with Gasteiger partial charge in [0.25, 0.3) is 0 Å². The highest BCUT2D eigenvalue weighted by Crippen LogP contribution is 2.12. The molecule has 14 heavy (non-hydrogen) atoms. The average Bonchev–Trinajstić information content (AvgIpc) is 2.12. The van der Waals surface area contributed by atoms with Crippen molar-refractivity contribution in [2.24, 2.45) is 0 Å². The highest BCUT2D eigenvalue weighted by Gasteiger charge is 2.02. The van der Waals surface area contributed by atoms with Crippen LogP contribution in [0.3, 0.4) is 0 Å². The monoisotopic (exact) mass is 201 g/mol. The maximum absolute atomic E-state index is 12.7. The summed E-state index contributed by atoms with van der Waals surface area (Å²) in [6, 6.07) is 3.32. The van der Waals surface area contributed by atoms with Crippen LogP contribution in [-0.4, -0.2) is 19.8 Å². The Morgan fingerprint density at radius 2 is 1.86 bits per heavy atom. The Balaban J connectivity index is 2.58. The van der Waals surface area contributed by atoms with E-state index < -0.39 is 11.6 Å². The molecule has 0 fully saturated rings. The lowest BCUT2D eigenvalue weighted by Gasteiger charge is -2.11. The van der Waals surface area contributed by atoms with Gasteiger partial charge in [-0.05, 0) is 19.1 Å². The molecule has 0 amide bonds. The van der Waals surface area contributed by atoms with E-state index in [0.717, 1.165) is 6.07 Å². The highest BCUT2D eigenvalue weighted by atomic mass is 19.1. The van der Waals surface area contributed by atoms with Gasteiger partial charge in [0.1, 0.15) is 11.6 Å². The van der Waals surface area contributed by atoms with Gasteiger partial charge in [0.2, 0.25) is 0 Å². The molecule has 0 aliphatic heterocycles. The normalized spacial score (nSPS) is 12.6. The number of halogens is 2. The smallest absolute Gasteiger partial charge is 0.128 e. The first-order valence-electron chi connectivity index (χ1n) is 4.34. The number of nitrogens with one attached hydrogen (secondary N) is 1. The van der Waals surface area contributed by atoms with Gasteiger partial charge in [-0.25, -0.2) is 8.78 Å². The summed E-state index contributed by atoms with van der Waals surface area (Å²) in [6.45, 7) is 2.38. The molecule has 78 valence electrons. The van der Waals surface area contributed by atoms with E-state index in [0.29, 0.717) is 12.2 Å². The number of anilines is 1. The Labute approximate surface area is 81.9 Å². The molecule has 1 aromatic rings. The van der Waals surface area contributed by atoms with Gasteiger partial charge in [0.15, 0.2) is 0 Å². The van der Waals surface area contributed by atoms with Gasteiger partial charge in [-0.2, -0.15) is 0 Å². The molecule has 1 rings (SSSR count). The van der Waals surface area contributed by atoms with Crippen LogP contribution in [0.2, 0.25) is 0 Å². The molecule has 1 N–H and O–H groups in total. The van der Waals surface area contributed by atoms with Crippen LogP contribution in [0, 0.1) is 11.6 Å². The van der Waals surface area contributed by atoms with E-state index in [-0.39, 0.29) is 6.10 Å². The Morgan fingerprint density at radius 1 is 1.29 bits per heavy atom. The van der Waals surface area contributed by atoms with Crippen molar-refractivity contribution < 1.29 is 13.5 Å². The average molecular weight is 201 g/mol. The van der Waals surface area contributed by atoms with E-state index in [2.05, 4.69) is 5.32 Å². The van der Waals surface area contributed by atoms with E-state index in [1.165, 1.54) is 12.1 Å². The minimum absolute atomic E-state index is 0.00123. The summed E-state index contributed by atoms with van der Waals surface area (Å²) in [5, 5.41) is 2.87. The highest BCUT2D eigenvalue weighted by molar-refractivity contribution is 5.43. The second-order valence-corrected chi connectivity index (χ2v) is 3.09. The SMILES string of the molecule is COC(C)CNc1cc(F)cc(F)c1. The Kier molecular flexibility index (Phi) is 3.83. The summed E-state index contributed by atoms with van der Waals surface area (Å²) in [6.07, 6.45) is 0.00123. The quantitative estimate of drug-likeness (QED) is 0.807. The van der Waals surface area contributed by atoms with Crippen LogP contribution in [0.5, 0.6) is 0 Å². The first-order chi connectivity index (χ1) is 6.61. The van der Waals surface area contributed by atoms with Crippen molar-refractivity contribution >= 4 is 5.69 Å². The third kappa shape index (κ3) is 3.30. The second-order valence-electron chi connectivity index (χ2n) is 3.09. The number of hydrogen-bond acceptors (Lipinski definition) is 2. The van der Waals surface area contributed by atoms with Gasteiger partial charge in [-0.3, -0.25) is 0 Å². The van der Waals surface area contributed by atoms with Crippen molar-refractivity contribution in [1.82, 2.24) is 0 Å². The summed E-state index contributed by atoms with van der Waals surface area (Å²) in [4.78, 5) is 0. The molecule has 0 spiro atoms. The summed E-state index contributed by atoms with van der Waals surface area (Å²) in [5.74, 6) is -1.17. The van der Waals surface area contributed by atoms with Gasteiger partial charge in [-0.15, -0.1) is 0 Å². The van der Waals surface area contributed by atoms with Gasteiger partial charge >= 0.3 is 0 Å². The Hall–Kier alpha value is -1.16. The topological polar surface area (TPSA) is 21.3 Å². The van der Waals surface area contributed by atoms with Crippen molar-refractivity contribution in [3.63, 3.8) is 0 Å². The lowest BCUT2D eigenvalue weighted by molar-refractivity contribution is 0.129. The van der Waals surface area contributed by atoms with E-state index in [1.807, 2.05) is 6.92 Å². The molecular weight excluding hydrogens is 188 g/mol. The van der Waals surface area contributed by atoms with Gasteiger partial charge in [0, 0.05) is 25.4 Å². The van der Waals surface area contributed by atoms with E-state index in [9.17, 15) is 8.78 Å². The molecule has 0 aliphatic rings. The predicted octanol–water partition coefficient (Wildman–Crippen LogP) is 2.41. The van der Waals surface area contributed by atoms with Crippen LogP contribution < -0.4 is 5.32 Å². The fourth-order valence-corrected chi connectivity index (χ4v) is 1.00. The van der Waals surface area contributed by atoms with Gasteiger partial charge in [-0.1, -0.05) is 0 Å². The molecule has 1 unspecified atom stereocenters. The molecule has 4 heteroatoms. The number of methoxy groups -OCH3 is 1. The second kappa shape index (κ2) is 4.91. The van der Waals surface area contributed by atoms with Crippen LogP contribution >= 0.6 is 0 Å². The number of hydrogen-bond donors (Lipinski definition) is 1. The molecule has 2 nitrogen and oxygen atoms in total. The van der Waals surface area contributed by atoms with Gasteiger partial charge < -0.3 is 10.1 Å². The summed E-state index contributed by atoms with van der Waals surface area (Å²) in [5.41, 5.74) is 0.423. The fraction of sp³-hybridized carbons (Fsp3) is 0.400. The fourth-order valence-electron chi connectivity index (χ4n) is 1.00. The first-order valence-corrected chi connectivity index (χ1v) is 4.34. The summed E-state index contributed by atoms with van der Waals surface area (Å²) in [7, 11) is 1.58. The Morgan fingerprint density at radius 3 is 2.36 bits per heavy atom. The third-order valence-electron chi connectivity index (χ3n) is 1.86. The minimum Gasteiger partial charge on any atom is -0.382 e. The molecule has 0 aliphatic carbocycles. The lowest BCUT2D eigenvalue weighted by Crippen LogP contribution is -2.18. The van der Waals surface area contributed by atoms with E-state index in [1.54, 1.807) is 7.11 Å². The molecule has 1 aromatic carbocycles. The zero-order valence-corrected chi connectivity index (χ0v) is 8.18. The Bertz CT molecular complexity index is 284. The maximum atomic E-state index is 12.7. The van der Waals surface area contributed by atoms with Crippen LogP contribution in [0.15, 0.2) is 18.2 Å². The van der Waals surface area contributed by atoms with E-state index >= 15 is 0 Å². The first kappa shape index (κ1) is 10.9. The van der Waals surface area contributed by atoms with Crippen molar-refractivity contribution in [2.45, 2.75) is 13.0 Å². The molecule has 0 aromatic heterocycles. The molecule has 0 bridgehead atoms. The number of ether oxygens (including phenoxy) is 1. The van der Waals surface area contributed by atoms with Crippen molar-refractivity contribution in [1.29, 1.82) is 0 Å². The number of benzene rings is 1. The zero-order valence-electron chi connectivity index (χ0n) is 8.18. The molecule has 0 saturated carbocycles. The molecule has 0 heterocycles. The zero-order chi connectivity index (χ0) is 10.6. The lowest BCUT2D eigenvalue weighted by atomic mass is 10.3. The third-order valence-corrected chi connectivity index (χ3v) is 1.86. The summed E-state index contributed by atoms with van der Waals surface area (Å²) >= 11 is 0. The van der Waals surface area contributed by atoms with Crippen LogP contribution in [0.1, 0.15) is 6.92 Å². The maximum Gasteiger partial charge on any atom is 0.128 e. The molecule has 0 saturated heterocycles. The van der Waals surface area contributed by atoms with Gasteiger partial charge in [0.05, 0.1) is 6.10 Å². The summed E-state index contributed by atoms with van der Waals surface area (Å²) < 4.78 is 30.4. The van der Waals surface area contributed by atoms with Crippen molar-refractivity contribution in [2.75, 3.05) is 19.0 Å². The van der Waals surface area contributed by atoms with Crippen molar-refractivity contribution in [3.05, 3.63) is 29.8 Å². The van der Waals surface area contributed by atoms with E-state index in [4.69, 9.17) is 4.74 Å². The molecule has 1 atom stereocenters. The van der Waals surface area contributed by atoms with Crippen molar-refractivity contribution in [3.8, 4) is 0 Å². The van der Waals surface area contributed by atoms with Crippen LogP contribution in [0.4, 0.5) is 14.5 Å².